The van der Waals surface area contributed by atoms with E-state index in [1.165, 1.54) is 0 Å². The summed E-state index contributed by atoms with van der Waals surface area (Å²) in [5.74, 6) is 0.786. The average Bonchev–Trinajstić information content (AvgIpc) is 2.90. The highest BCUT2D eigenvalue weighted by molar-refractivity contribution is 6.33. The average molecular weight is 327 g/mol. The highest BCUT2D eigenvalue weighted by Crippen LogP contribution is 2.40. The number of halogens is 1. The highest BCUT2D eigenvalue weighted by Gasteiger charge is 2.21. The summed E-state index contributed by atoms with van der Waals surface area (Å²) in [6, 6.07) is 17.9. The van der Waals surface area contributed by atoms with Crippen molar-refractivity contribution in [3.63, 3.8) is 0 Å². The first kappa shape index (κ1) is 15.6. The molecule has 3 rings (SSSR count). The van der Waals surface area contributed by atoms with Gasteiger partial charge in [-0.2, -0.15) is 5.10 Å². The van der Waals surface area contributed by atoms with Crippen molar-refractivity contribution in [1.82, 2.24) is 9.78 Å². The number of aromatic nitrogens is 2. The van der Waals surface area contributed by atoms with Crippen LogP contribution in [0.4, 0.5) is 0 Å². The lowest BCUT2D eigenvalue weighted by Crippen LogP contribution is -1.99. The van der Waals surface area contributed by atoms with Crippen LogP contribution in [0.25, 0.3) is 22.5 Å². The molecule has 0 N–H and O–H groups in total. The lowest BCUT2D eigenvalue weighted by atomic mass is 10.1. The van der Waals surface area contributed by atoms with Crippen molar-refractivity contribution in [3.8, 4) is 28.3 Å². The van der Waals surface area contributed by atoms with E-state index in [0.29, 0.717) is 11.6 Å². The van der Waals surface area contributed by atoms with Crippen molar-refractivity contribution in [2.75, 3.05) is 6.61 Å². The Kier molecular flexibility index (Phi) is 4.68. The molecule has 2 aromatic carbocycles. The molecule has 0 spiro atoms. The molecule has 0 aliphatic carbocycles. The van der Waals surface area contributed by atoms with Crippen LogP contribution in [0.2, 0.25) is 5.02 Å². The van der Waals surface area contributed by atoms with E-state index in [1.807, 2.05) is 66.3 Å². The second-order valence-corrected chi connectivity index (χ2v) is 5.75. The predicted octanol–water partition coefficient (Wildman–Crippen LogP) is 5.20. The van der Waals surface area contributed by atoms with Crippen LogP contribution in [0.5, 0.6) is 5.75 Å². The Morgan fingerprint density at radius 2 is 1.74 bits per heavy atom. The van der Waals surface area contributed by atoms with Crippen LogP contribution >= 0.6 is 11.6 Å². The molecule has 1 aromatic heterocycles. The van der Waals surface area contributed by atoms with Gasteiger partial charge < -0.3 is 4.74 Å². The summed E-state index contributed by atoms with van der Waals surface area (Å²) in [6.45, 7) is 2.73. The van der Waals surface area contributed by atoms with Crippen LogP contribution < -0.4 is 4.74 Å². The van der Waals surface area contributed by atoms with Crippen molar-refractivity contribution >= 4 is 11.6 Å². The molecule has 0 aliphatic heterocycles. The molecule has 0 saturated carbocycles. The van der Waals surface area contributed by atoms with Crippen molar-refractivity contribution in [2.45, 2.75) is 13.3 Å². The fourth-order valence-corrected chi connectivity index (χ4v) is 2.81. The van der Waals surface area contributed by atoms with E-state index in [9.17, 15) is 0 Å². The highest BCUT2D eigenvalue weighted by atomic mass is 35.5. The maximum Gasteiger partial charge on any atom is 0.173 e. The van der Waals surface area contributed by atoms with Gasteiger partial charge in [-0.3, -0.25) is 4.68 Å². The molecule has 0 saturated heterocycles. The van der Waals surface area contributed by atoms with E-state index in [2.05, 4.69) is 12.0 Å². The summed E-state index contributed by atoms with van der Waals surface area (Å²) in [6.07, 6.45) is 0.936. The topological polar surface area (TPSA) is 27.1 Å². The lowest BCUT2D eigenvalue weighted by Gasteiger charge is -2.10. The van der Waals surface area contributed by atoms with Crippen LogP contribution in [0.15, 0.2) is 54.6 Å². The van der Waals surface area contributed by atoms with E-state index in [-0.39, 0.29) is 0 Å². The van der Waals surface area contributed by atoms with Gasteiger partial charge in [-0.1, -0.05) is 67.1 Å². The van der Waals surface area contributed by atoms with Crippen LogP contribution in [-0.2, 0) is 7.05 Å². The predicted molar refractivity (Wildman–Crippen MR) is 94.9 cm³/mol. The number of rotatable bonds is 5. The third kappa shape index (κ3) is 3.10. The Morgan fingerprint density at radius 3 is 2.43 bits per heavy atom. The maximum atomic E-state index is 6.40. The van der Waals surface area contributed by atoms with E-state index in [1.54, 1.807) is 0 Å². The standard InChI is InChI=1S/C19H19ClN2O/c1-3-13-23-19-17(14-9-5-4-6-10-14)21-22(2)18(19)15-11-7-8-12-16(15)20/h4-12H,3,13H2,1-2H3. The monoisotopic (exact) mass is 326 g/mol. The summed E-state index contributed by atoms with van der Waals surface area (Å²) >= 11 is 6.40. The van der Waals surface area contributed by atoms with Crippen LogP contribution in [0, 0.1) is 0 Å². The number of aryl methyl sites for hydroxylation is 1. The Balaban J connectivity index is 2.20. The van der Waals surface area contributed by atoms with Gasteiger partial charge >= 0.3 is 0 Å². The Bertz CT molecular complexity index is 796. The van der Waals surface area contributed by atoms with E-state index in [4.69, 9.17) is 16.3 Å². The first-order valence-electron chi connectivity index (χ1n) is 7.72. The van der Waals surface area contributed by atoms with E-state index in [0.717, 1.165) is 34.7 Å². The maximum absolute atomic E-state index is 6.40. The molecule has 0 fully saturated rings. The van der Waals surface area contributed by atoms with Gasteiger partial charge in [-0.15, -0.1) is 0 Å². The number of hydrogen-bond acceptors (Lipinski definition) is 2. The minimum absolute atomic E-state index is 0.642. The third-order valence-corrected chi connectivity index (χ3v) is 3.96. The zero-order valence-electron chi connectivity index (χ0n) is 13.3. The van der Waals surface area contributed by atoms with Crippen molar-refractivity contribution in [3.05, 3.63) is 59.6 Å². The normalized spacial score (nSPS) is 10.7. The first-order valence-corrected chi connectivity index (χ1v) is 8.10. The smallest absolute Gasteiger partial charge is 0.173 e. The molecular weight excluding hydrogens is 308 g/mol. The van der Waals surface area contributed by atoms with Crippen molar-refractivity contribution in [1.29, 1.82) is 0 Å². The summed E-state index contributed by atoms with van der Waals surface area (Å²) in [7, 11) is 1.92. The second-order valence-electron chi connectivity index (χ2n) is 5.34. The van der Waals surface area contributed by atoms with Gasteiger partial charge in [0.1, 0.15) is 11.4 Å². The van der Waals surface area contributed by atoms with Crippen molar-refractivity contribution < 1.29 is 4.74 Å². The zero-order chi connectivity index (χ0) is 16.2. The lowest BCUT2D eigenvalue weighted by molar-refractivity contribution is 0.320. The molecule has 118 valence electrons. The molecule has 0 unspecified atom stereocenters. The molecule has 1 heterocycles. The molecular formula is C19H19ClN2O. The minimum atomic E-state index is 0.642. The SMILES string of the molecule is CCCOc1c(-c2ccccc2)nn(C)c1-c1ccccc1Cl. The van der Waals surface area contributed by atoms with Gasteiger partial charge in [0, 0.05) is 18.2 Å². The first-order chi connectivity index (χ1) is 11.2. The molecule has 3 nitrogen and oxygen atoms in total. The Morgan fingerprint density at radius 1 is 1.04 bits per heavy atom. The number of benzene rings is 2. The molecule has 3 aromatic rings. The molecule has 0 atom stereocenters. The zero-order valence-corrected chi connectivity index (χ0v) is 14.0. The second kappa shape index (κ2) is 6.88. The largest absolute Gasteiger partial charge is 0.489 e. The third-order valence-electron chi connectivity index (χ3n) is 3.63. The summed E-state index contributed by atoms with van der Waals surface area (Å²) < 4.78 is 7.90. The molecule has 0 amide bonds. The Hall–Kier alpha value is -2.26. The minimum Gasteiger partial charge on any atom is -0.489 e. The number of ether oxygens (including phenoxy) is 1. The van der Waals surface area contributed by atoms with Gasteiger partial charge in [-0.25, -0.2) is 0 Å². The van der Waals surface area contributed by atoms with Gasteiger partial charge in [0.2, 0.25) is 0 Å². The van der Waals surface area contributed by atoms with Gasteiger partial charge in [0.05, 0.1) is 11.6 Å². The molecule has 0 radical (unpaired) electrons. The molecule has 4 heteroatoms. The molecule has 0 bridgehead atoms. The quantitative estimate of drug-likeness (QED) is 0.644. The molecule has 23 heavy (non-hydrogen) atoms. The van der Waals surface area contributed by atoms with Crippen molar-refractivity contribution in [2.24, 2.45) is 7.05 Å². The number of hydrogen-bond donors (Lipinski definition) is 0. The Labute approximate surface area is 141 Å². The van der Waals surface area contributed by atoms with E-state index >= 15 is 0 Å². The number of nitrogens with zero attached hydrogens (tertiary/aromatic N) is 2. The van der Waals surface area contributed by atoms with Crippen LogP contribution in [0.1, 0.15) is 13.3 Å². The summed E-state index contributed by atoms with van der Waals surface area (Å²) in [5, 5.41) is 5.38. The van der Waals surface area contributed by atoms with Gasteiger partial charge in [-0.05, 0) is 12.5 Å². The molecule has 0 aliphatic rings. The fourth-order valence-electron chi connectivity index (χ4n) is 2.58. The fraction of sp³-hybridized carbons (Fsp3) is 0.211. The summed E-state index contributed by atoms with van der Waals surface area (Å²) in [5.41, 5.74) is 3.71. The van der Waals surface area contributed by atoms with Gasteiger partial charge in [0.25, 0.3) is 0 Å². The van der Waals surface area contributed by atoms with Crippen LogP contribution in [0.3, 0.4) is 0 Å². The van der Waals surface area contributed by atoms with E-state index < -0.39 is 0 Å². The van der Waals surface area contributed by atoms with Gasteiger partial charge in [0.15, 0.2) is 5.75 Å². The summed E-state index contributed by atoms with van der Waals surface area (Å²) in [4.78, 5) is 0. The van der Waals surface area contributed by atoms with Crippen LogP contribution in [-0.4, -0.2) is 16.4 Å².